The number of hydrogen-bond donors (Lipinski definition) is 2. The highest BCUT2D eigenvalue weighted by atomic mass is 16.5. The summed E-state index contributed by atoms with van der Waals surface area (Å²) in [5.41, 5.74) is 0. The van der Waals surface area contributed by atoms with Crippen LogP contribution in [-0.2, 0) is 9.53 Å². The molecule has 2 aliphatic rings. The predicted molar refractivity (Wildman–Crippen MR) is 80.6 cm³/mol. The molecule has 0 bridgehead atoms. The number of hydrogen-bond acceptors (Lipinski definition) is 4. The number of ether oxygens (including phenoxy) is 1. The third-order valence-electron chi connectivity index (χ3n) is 4.35. The van der Waals surface area contributed by atoms with Crippen LogP contribution in [0.4, 0.5) is 0 Å². The van der Waals surface area contributed by atoms with Crippen molar-refractivity contribution >= 4 is 5.97 Å². The molecule has 1 aliphatic heterocycles. The van der Waals surface area contributed by atoms with Crippen LogP contribution in [0.3, 0.4) is 0 Å². The monoisotopic (exact) mass is 282 g/mol. The summed E-state index contributed by atoms with van der Waals surface area (Å²) in [4.78, 5) is 12.4. The van der Waals surface area contributed by atoms with Crippen molar-refractivity contribution in [3.05, 3.63) is 0 Å². The summed E-state index contributed by atoms with van der Waals surface area (Å²) in [6.07, 6.45) is 7.75. The highest BCUT2D eigenvalue weighted by Crippen LogP contribution is 2.22. The Bertz CT molecular complexity index is 295. The van der Waals surface area contributed by atoms with Crippen molar-refractivity contribution in [1.29, 1.82) is 0 Å². The summed E-state index contributed by atoms with van der Waals surface area (Å²) in [7, 11) is 0. The molecule has 1 saturated heterocycles. The highest BCUT2D eigenvalue weighted by Gasteiger charge is 2.28. The maximum absolute atomic E-state index is 12.4. The average molecular weight is 282 g/mol. The molecule has 0 aromatic carbocycles. The fraction of sp³-hybridized carbons (Fsp3) is 0.938. The third-order valence-corrected chi connectivity index (χ3v) is 4.35. The molecule has 0 aromatic heterocycles. The first kappa shape index (κ1) is 15.8. The minimum absolute atomic E-state index is 0.0240. The van der Waals surface area contributed by atoms with Gasteiger partial charge in [-0.15, -0.1) is 0 Å². The molecule has 0 radical (unpaired) electrons. The molecule has 1 atom stereocenters. The molecule has 20 heavy (non-hydrogen) atoms. The van der Waals surface area contributed by atoms with E-state index in [4.69, 9.17) is 4.74 Å². The zero-order valence-electron chi connectivity index (χ0n) is 13.0. The minimum atomic E-state index is -0.126. The number of carbonyl (C=O) groups is 1. The Hall–Kier alpha value is -0.610. The van der Waals surface area contributed by atoms with Gasteiger partial charge in [-0.2, -0.15) is 0 Å². The van der Waals surface area contributed by atoms with Gasteiger partial charge in [0.05, 0.1) is 0 Å². The number of nitrogens with one attached hydrogen (secondary N) is 2. The van der Waals surface area contributed by atoms with E-state index in [-0.39, 0.29) is 18.1 Å². The first-order valence-corrected chi connectivity index (χ1v) is 8.32. The van der Waals surface area contributed by atoms with E-state index in [2.05, 4.69) is 24.5 Å². The molecule has 1 heterocycles. The number of esters is 1. The first-order valence-electron chi connectivity index (χ1n) is 8.32. The van der Waals surface area contributed by atoms with Gasteiger partial charge in [-0.3, -0.25) is 4.79 Å². The maximum atomic E-state index is 12.4. The molecule has 2 N–H and O–H groups in total. The summed E-state index contributed by atoms with van der Waals surface area (Å²) in [5, 5.41) is 6.91. The van der Waals surface area contributed by atoms with E-state index >= 15 is 0 Å². The van der Waals surface area contributed by atoms with Crippen LogP contribution >= 0.6 is 0 Å². The summed E-state index contributed by atoms with van der Waals surface area (Å²) >= 11 is 0. The SMILES string of the molecule is CC(C)C[C@H](NC1CCNCC1)C(=O)OC1CCCC1. The molecule has 0 unspecified atom stereocenters. The van der Waals surface area contributed by atoms with Gasteiger partial charge in [0, 0.05) is 6.04 Å². The van der Waals surface area contributed by atoms with Crippen LogP contribution in [0.5, 0.6) is 0 Å². The maximum Gasteiger partial charge on any atom is 0.323 e. The normalized spacial score (nSPS) is 23.1. The van der Waals surface area contributed by atoms with Crippen molar-refractivity contribution in [2.24, 2.45) is 5.92 Å². The standard InChI is InChI=1S/C16H30N2O2/c1-12(2)11-15(18-13-7-9-17-10-8-13)16(19)20-14-5-3-4-6-14/h12-15,17-18H,3-11H2,1-2H3/t15-/m0/s1. The Labute approximate surface area is 123 Å². The Kier molecular flexibility index (Phi) is 6.30. The molecule has 4 heteroatoms. The fourth-order valence-corrected chi connectivity index (χ4v) is 3.23. The molecule has 0 amide bonds. The second-order valence-corrected chi connectivity index (χ2v) is 6.72. The van der Waals surface area contributed by atoms with Gasteiger partial charge in [0.25, 0.3) is 0 Å². The largest absolute Gasteiger partial charge is 0.461 e. The van der Waals surface area contributed by atoms with Gasteiger partial charge < -0.3 is 15.4 Å². The van der Waals surface area contributed by atoms with E-state index in [0.29, 0.717) is 12.0 Å². The highest BCUT2D eigenvalue weighted by molar-refractivity contribution is 5.76. The van der Waals surface area contributed by atoms with Crippen LogP contribution in [-0.4, -0.2) is 37.2 Å². The lowest BCUT2D eigenvalue weighted by molar-refractivity contribution is -0.152. The van der Waals surface area contributed by atoms with E-state index in [0.717, 1.165) is 45.2 Å². The Morgan fingerprint density at radius 3 is 2.45 bits per heavy atom. The average Bonchev–Trinajstić information content (AvgIpc) is 2.91. The van der Waals surface area contributed by atoms with Crippen molar-refractivity contribution in [1.82, 2.24) is 10.6 Å². The fourth-order valence-electron chi connectivity index (χ4n) is 3.23. The lowest BCUT2D eigenvalue weighted by atomic mass is 10.00. The van der Waals surface area contributed by atoms with Crippen molar-refractivity contribution in [2.75, 3.05) is 13.1 Å². The van der Waals surface area contributed by atoms with Crippen molar-refractivity contribution in [2.45, 2.75) is 77.0 Å². The van der Waals surface area contributed by atoms with E-state index in [9.17, 15) is 4.79 Å². The Morgan fingerprint density at radius 1 is 1.20 bits per heavy atom. The topological polar surface area (TPSA) is 50.4 Å². The van der Waals surface area contributed by atoms with Gasteiger partial charge in [0.2, 0.25) is 0 Å². The molecule has 4 nitrogen and oxygen atoms in total. The van der Waals surface area contributed by atoms with Crippen LogP contribution in [0.1, 0.15) is 58.8 Å². The smallest absolute Gasteiger partial charge is 0.323 e. The molecule has 1 aliphatic carbocycles. The number of carbonyl (C=O) groups excluding carboxylic acids is 1. The molecule has 1 saturated carbocycles. The van der Waals surface area contributed by atoms with Gasteiger partial charge in [0.1, 0.15) is 12.1 Å². The van der Waals surface area contributed by atoms with Crippen molar-refractivity contribution in [3.63, 3.8) is 0 Å². The Morgan fingerprint density at radius 2 is 1.85 bits per heavy atom. The van der Waals surface area contributed by atoms with Gasteiger partial charge in [-0.1, -0.05) is 13.8 Å². The van der Waals surface area contributed by atoms with Gasteiger partial charge in [-0.05, 0) is 64.0 Å². The first-order chi connectivity index (χ1) is 9.65. The second-order valence-electron chi connectivity index (χ2n) is 6.72. The lowest BCUT2D eigenvalue weighted by Gasteiger charge is -2.29. The molecule has 2 rings (SSSR count). The molecule has 0 aromatic rings. The second kappa shape index (κ2) is 7.99. The summed E-state index contributed by atoms with van der Waals surface area (Å²) in [5.74, 6) is 0.481. The van der Waals surface area contributed by atoms with Crippen LogP contribution < -0.4 is 10.6 Å². The molecule has 2 fully saturated rings. The number of rotatable bonds is 6. The third kappa shape index (κ3) is 5.06. The van der Waals surface area contributed by atoms with Gasteiger partial charge >= 0.3 is 5.97 Å². The molecular weight excluding hydrogens is 252 g/mol. The van der Waals surface area contributed by atoms with Crippen molar-refractivity contribution < 1.29 is 9.53 Å². The molecular formula is C16H30N2O2. The van der Waals surface area contributed by atoms with E-state index in [1.54, 1.807) is 0 Å². The predicted octanol–water partition coefficient (Wildman–Crippen LogP) is 2.23. The summed E-state index contributed by atoms with van der Waals surface area (Å²) in [6.45, 7) is 6.42. The quantitative estimate of drug-likeness (QED) is 0.734. The van der Waals surface area contributed by atoms with Crippen LogP contribution in [0.25, 0.3) is 0 Å². The Balaban J connectivity index is 1.85. The lowest BCUT2D eigenvalue weighted by Crippen LogP contribution is -2.49. The van der Waals surface area contributed by atoms with Crippen LogP contribution in [0.2, 0.25) is 0 Å². The van der Waals surface area contributed by atoms with Gasteiger partial charge in [-0.25, -0.2) is 0 Å². The summed E-state index contributed by atoms with van der Waals surface area (Å²) in [6, 6.07) is 0.329. The zero-order chi connectivity index (χ0) is 14.4. The zero-order valence-corrected chi connectivity index (χ0v) is 13.0. The van der Waals surface area contributed by atoms with E-state index < -0.39 is 0 Å². The summed E-state index contributed by atoms with van der Waals surface area (Å²) < 4.78 is 5.70. The van der Waals surface area contributed by atoms with Crippen molar-refractivity contribution in [3.8, 4) is 0 Å². The van der Waals surface area contributed by atoms with E-state index in [1.807, 2.05) is 0 Å². The van der Waals surface area contributed by atoms with Gasteiger partial charge in [0.15, 0.2) is 0 Å². The van der Waals surface area contributed by atoms with Crippen LogP contribution in [0, 0.1) is 5.92 Å². The minimum Gasteiger partial charge on any atom is -0.461 e. The number of piperidine rings is 1. The van der Waals surface area contributed by atoms with E-state index in [1.165, 1.54) is 12.8 Å². The molecule has 0 spiro atoms. The van der Waals surface area contributed by atoms with Crippen LogP contribution in [0.15, 0.2) is 0 Å². The molecule has 116 valence electrons.